The van der Waals surface area contributed by atoms with Gasteiger partial charge >= 0.3 is 0 Å². The molecule has 5 aromatic rings. The molecule has 43 heavy (non-hydrogen) atoms. The van der Waals surface area contributed by atoms with E-state index in [2.05, 4.69) is 36.9 Å². The van der Waals surface area contributed by atoms with E-state index in [0.717, 1.165) is 26.2 Å². The van der Waals surface area contributed by atoms with Gasteiger partial charge in [-0.2, -0.15) is 0 Å². The molecule has 0 saturated heterocycles. The van der Waals surface area contributed by atoms with Crippen LogP contribution < -0.4 is 16.0 Å². The number of thioether (sulfide) groups is 1. The van der Waals surface area contributed by atoms with E-state index in [4.69, 9.17) is 0 Å². The van der Waals surface area contributed by atoms with Gasteiger partial charge in [-0.3, -0.25) is 14.4 Å². The van der Waals surface area contributed by atoms with E-state index >= 15 is 0 Å². The molecule has 0 atom stereocenters. The van der Waals surface area contributed by atoms with E-state index in [1.54, 1.807) is 42.5 Å². The molecule has 1 aromatic heterocycles. The predicted octanol–water partition coefficient (Wildman–Crippen LogP) is 7.71. The Hall–Kier alpha value is -4.51. The standard InChI is InChI=1S/C33H25BrN4O3S2/c34-25-13-11-22(12-14-25)19-28(36-31(40)24-9-5-2-6-10-24)32(41)35-26-15-17-27(18-16-26)42-21-30(39)38-33-37-29(20-43-33)23-7-3-1-4-8-23/h1-20H,21H2,(H,35,41)(H,36,40)(H,37,38,39)/b28-19-. The summed E-state index contributed by atoms with van der Waals surface area (Å²) in [6.45, 7) is 0. The smallest absolute Gasteiger partial charge is 0.272 e. The van der Waals surface area contributed by atoms with E-state index in [1.165, 1.54) is 23.1 Å². The van der Waals surface area contributed by atoms with Crippen LogP contribution in [0, 0.1) is 0 Å². The first-order valence-corrected chi connectivity index (χ1v) is 15.8. The van der Waals surface area contributed by atoms with Gasteiger partial charge in [-0.1, -0.05) is 76.6 Å². The van der Waals surface area contributed by atoms with Crippen molar-refractivity contribution >= 4 is 73.6 Å². The summed E-state index contributed by atoms with van der Waals surface area (Å²) in [5.41, 5.74) is 3.65. The highest BCUT2D eigenvalue weighted by molar-refractivity contribution is 9.10. The van der Waals surface area contributed by atoms with Crippen molar-refractivity contribution in [3.05, 3.63) is 136 Å². The van der Waals surface area contributed by atoms with Gasteiger partial charge in [0.25, 0.3) is 11.8 Å². The highest BCUT2D eigenvalue weighted by atomic mass is 79.9. The number of nitrogens with one attached hydrogen (secondary N) is 3. The summed E-state index contributed by atoms with van der Waals surface area (Å²) in [4.78, 5) is 44.0. The zero-order valence-electron chi connectivity index (χ0n) is 22.6. The van der Waals surface area contributed by atoms with Crippen LogP contribution in [0.5, 0.6) is 0 Å². The number of hydrogen-bond acceptors (Lipinski definition) is 6. The number of benzene rings is 4. The van der Waals surface area contributed by atoms with Crippen LogP contribution in [0.1, 0.15) is 15.9 Å². The van der Waals surface area contributed by atoms with Crippen molar-refractivity contribution in [1.29, 1.82) is 0 Å². The summed E-state index contributed by atoms with van der Waals surface area (Å²) in [5.74, 6) is -0.811. The number of anilines is 2. The normalized spacial score (nSPS) is 11.0. The molecule has 4 aromatic carbocycles. The van der Waals surface area contributed by atoms with Gasteiger partial charge in [-0.25, -0.2) is 4.98 Å². The van der Waals surface area contributed by atoms with Gasteiger partial charge in [0.05, 0.1) is 11.4 Å². The first-order chi connectivity index (χ1) is 20.9. The maximum atomic E-state index is 13.3. The number of nitrogens with zero attached hydrogens (tertiary/aromatic N) is 1. The van der Waals surface area contributed by atoms with Crippen LogP contribution in [0.25, 0.3) is 17.3 Å². The van der Waals surface area contributed by atoms with Crippen LogP contribution in [0.3, 0.4) is 0 Å². The number of carbonyl (C=O) groups excluding carboxylic acids is 3. The van der Waals surface area contributed by atoms with Crippen molar-refractivity contribution in [2.24, 2.45) is 0 Å². The fourth-order valence-corrected chi connectivity index (χ4v) is 5.58. The summed E-state index contributed by atoms with van der Waals surface area (Å²) >= 11 is 6.16. The third-order valence-electron chi connectivity index (χ3n) is 6.01. The Bertz CT molecular complexity index is 1740. The number of aromatic nitrogens is 1. The number of hydrogen-bond donors (Lipinski definition) is 3. The molecule has 3 amide bonds. The summed E-state index contributed by atoms with van der Waals surface area (Å²) < 4.78 is 0.903. The third kappa shape index (κ3) is 8.74. The van der Waals surface area contributed by atoms with Crippen molar-refractivity contribution in [3.63, 3.8) is 0 Å². The highest BCUT2D eigenvalue weighted by Gasteiger charge is 2.15. The SMILES string of the molecule is O=C(CSc1ccc(NC(=O)/C(=C/c2ccc(Br)cc2)NC(=O)c2ccccc2)cc1)Nc1nc(-c2ccccc2)cs1. The van der Waals surface area contributed by atoms with Crippen molar-refractivity contribution in [2.45, 2.75) is 4.90 Å². The van der Waals surface area contributed by atoms with Crippen molar-refractivity contribution < 1.29 is 14.4 Å². The summed E-state index contributed by atoms with van der Waals surface area (Å²) in [7, 11) is 0. The average Bonchev–Trinajstić information content (AvgIpc) is 3.50. The highest BCUT2D eigenvalue weighted by Crippen LogP contribution is 2.26. The van der Waals surface area contributed by atoms with E-state index in [-0.39, 0.29) is 17.4 Å². The average molecular weight is 670 g/mol. The summed E-state index contributed by atoms with van der Waals surface area (Å²) in [5, 5.41) is 10.9. The van der Waals surface area contributed by atoms with E-state index in [0.29, 0.717) is 16.4 Å². The second kappa shape index (κ2) is 14.6. The molecular weight excluding hydrogens is 644 g/mol. The molecule has 1 heterocycles. The predicted molar refractivity (Wildman–Crippen MR) is 178 cm³/mol. The molecule has 0 aliphatic heterocycles. The van der Waals surface area contributed by atoms with E-state index in [9.17, 15) is 14.4 Å². The van der Waals surface area contributed by atoms with Crippen LogP contribution in [0.15, 0.2) is 130 Å². The van der Waals surface area contributed by atoms with Crippen molar-refractivity contribution in [3.8, 4) is 11.3 Å². The van der Waals surface area contributed by atoms with Gasteiger partial charge in [0.2, 0.25) is 5.91 Å². The third-order valence-corrected chi connectivity index (χ3v) is 8.31. The van der Waals surface area contributed by atoms with Gasteiger partial charge in [-0.15, -0.1) is 23.1 Å². The molecule has 0 unspecified atom stereocenters. The van der Waals surface area contributed by atoms with Gasteiger partial charge in [-0.05, 0) is 60.2 Å². The number of rotatable bonds is 10. The molecule has 0 aliphatic rings. The van der Waals surface area contributed by atoms with E-state index in [1.807, 2.05) is 78.2 Å². The Kier molecular flexibility index (Phi) is 10.2. The molecule has 214 valence electrons. The summed E-state index contributed by atoms with van der Waals surface area (Å²) in [6.07, 6.45) is 1.62. The summed E-state index contributed by atoms with van der Waals surface area (Å²) in [6, 6.07) is 33.0. The van der Waals surface area contributed by atoms with Gasteiger partial charge < -0.3 is 16.0 Å². The quantitative estimate of drug-likeness (QED) is 0.105. The molecule has 3 N–H and O–H groups in total. The van der Waals surface area contributed by atoms with Gasteiger partial charge in [0.15, 0.2) is 5.13 Å². The minimum Gasteiger partial charge on any atom is -0.321 e. The van der Waals surface area contributed by atoms with Gasteiger partial charge in [0.1, 0.15) is 5.70 Å². The molecule has 7 nitrogen and oxygen atoms in total. The van der Waals surface area contributed by atoms with Crippen molar-refractivity contribution in [2.75, 3.05) is 16.4 Å². The largest absolute Gasteiger partial charge is 0.321 e. The molecule has 0 fully saturated rings. The Morgan fingerprint density at radius 3 is 2.19 bits per heavy atom. The van der Waals surface area contributed by atoms with E-state index < -0.39 is 11.8 Å². The zero-order chi connectivity index (χ0) is 30.0. The van der Waals surface area contributed by atoms with Crippen LogP contribution in [0.4, 0.5) is 10.8 Å². The molecule has 0 radical (unpaired) electrons. The van der Waals surface area contributed by atoms with Crippen molar-refractivity contribution in [1.82, 2.24) is 10.3 Å². The van der Waals surface area contributed by atoms with Crippen LogP contribution >= 0.6 is 39.0 Å². The Morgan fingerprint density at radius 1 is 0.814 bits per heavy atom. The molecule has 0 bridgehead atoms. The zero-order valence-corrected chi connectivity index (χ0v) is 25.8. The Labute approximate surface area is 265 Å². The van der Waals surface area contributed by atoms with Crippen LogP contribution in [-0.4, -0.2) is 28.5 Å². The van der Waals surface area contributed by atoms with Crippen LogP contribution in [0.2, 0.25) is 0 Å². The lowest BCUT2D eigenvalue weighted by Crippen LogP contribution is -2.30. The van der Waals surface area contributed by atoms with Gasteiger partial charge in [0, 0.05) is 31.6 Å². The number of amides is 3. The maximum Gasteiger partial charge on any atom is 0.272 e. The number of carbonyl (C=O) groups is 3. The fraction of sp³-hybridized carbons (Fsp3) is 0.0303. The Balaban J connectivity index is 1.18. The lowest BCUT2D eigenvalue weighted by atomic mass is 10.1. The molecule has 0 saturated carbocycles. The molecular formula is C33H25BrN4O3S2. The molecule has 10 heteroatoms. The lowest BCUT2D eigenvalue weighted by Gasteiger charge is -2.12. The topological polar surface area (TPSA) is 100 Å². The lowest BCUT2D eigenvalue weighted by molar-refractivity contribution is -0.114. The fourth-order valence-electron chi connectivity index (χ4n) is 3.88. The minimum absolute atomic E-state index is 0.101. The number of halogens is 1. The Morgan fingerprint density at radius 2 is 1.49 bits per heavy atom. The monoisotopic (exact) mass is 668 g/mol. The second-order valence-electron chi connectivity index (χ2n) is 9.15. The maximum absolute atomic E-state index is 13.3. The second-order valence-corrected chi connectivity index (χ2v) is 12.0. The first-order valence-electron chi connectivity index (χ1n) is 13.1. The molecule has 0 spiro atoms. The minimum atomic E-state index is -0.467. The molecule has 5 rings (SSSR count). The van der Waals surface area contributed by atoms with Crippen LogP contribution in [-0.2, 0) is 9.59 Å². The molecule has 0 aliphatic carbocycles. The first kappa shape index (κ1) is 30.0. The number of thiazole rings is 1.